The lowest BCUT2D eigenvalue weighted by Crippen LogP contribution is -2.50. The van der Waals surface area contributed by atoms with E-state index in [1.807, 2.05) is 70.4 Å². The molecular weight excluding hydrogens is 1850 g/mol. The fraction of sp³-hybridized carbons (Fsp3) is 0.624. The maximum Gasteiger partial charge on any atom is 0.303 e. The number of hydrogen-bond donors (Lipinski definition) is 12. The first-order valence-electron chi connectivity index (χ1n) is 48.6. The van der Waals surface area contributed by atoms with Crippen LogP contribution in [0.4, 0.5) is 11.4 Å². The Hall–Kier alpha value is -11.0. The third-order valence-corrected chi connectivity index (χ3v) is 26.8. The molecule has 0 spiro atoms. The predicted molar refractivity (Wildman–Crippen MR) is 525 cm³/mol. The van der Waals surface area contributed by atoms with E-state index >= 15 is 0 Å². The normalized spacial score (nSPS) is 16.4. The van der Waals surface area contributed by atoms with E-state index in [2.05, 4.69) is 93.3 Å². The Balaban J connectivity index is 1.22. The SMILES string of the molecule is CCC(=O)[C@H](CSC)NC(=O)CCC[C@H](CC(C)C)NC(=O)[C@@H]1CCCN1C(=O)COCCCC(=O)[C@@H](CCC(=O)O)NC(=O)[C@@H](CCC(=O)O)CC(=O)[C@@H](CCC(=O)O)NC(=O)[C@@H](CCC(=O)O)CC(=O)[C@@H](CCC(=O)O)NC(=O)[C@@H](CCCCNC(=O)CCCCC[N+]1=C(C=CC=CC=CC=C2N(CC)c3ccc(C)cc3C2(C)C)C(C)(C)c2cc(S(=O)(=O)O)ccc21)CC(=O)CCOCCOC. The zero-order valence-electron chi connectivity index (χ0n) is 82.9. The third kappa shape index (κ3) is 40.9. The molecule has 776 valence electrons. The number of hydrogen-bond acceptors (Lipinski definition) is 24. The molecule has 7 amide bonds. The van der Waals surface area contributed by atoms with Gasteiger partial charge < -0.3 is 81.4 Å². The quantitative estimate of drug-likeness (QED) is 0.0127. The number of likely N-dealkylation sites (tertiary alicyclic amines) is 1. The van der Waals surface area contributed by atoms with Crippen molar-refractivity contribution in [2.24, 2.45) is 23.7 Å². The Bertz CT molecular complexity index is 4900. The number of carbonyl (C=O) groups is 17. The molecule has 5 rings (SSSR count). The summed E-state index contributed by atoms with van der Waals surface area (Å²) in [5.74, 6) is -19.0. The molecule has 0 saturated carbocycles. The minimum Gasteiger partial charge on any atom is -0.481 e. The van der Waals surface area contributed by atoms with Gasteiger partial charge in [-0.15, -0.1) is 0 Å². The molecule has 39 heteroatoms. The lowest BCUT2D eigenvalue weighted by atomic mass is 9.81. The van der Waals surface area contributed by atoms with Gasteiger partial charge in [-0.05, 0) is 166 Å². The van der Waals surface area contributed by atoms with Crippen LogP contribution in [0, 0.1) is 30.6 Å². The van der Waals surface area contributed by atoms with Gasteiger partial charge >= 0.3 is 29.8 Å². The number of fused-ring (bicyclic) bond motifs is 2. The van der Waals surface area contributed by atoms with Gasteiger partial charge in [0.1, 0.15) is 25.0 Å². The summed E-state index contributed by atoms with van der Waals surface area (Å²) >= 11 is 1.44. The van der Waals surface area contributed by atoms with Gasteiger partial charge in [0.15, 0.2) is 28.8 Å². The van der Waals surface area contributed by atoms with Gasteiger partial charge in [-0.2, -0.15) is 24.8 Å². The van der Waals surface area contributed by atoms with Crippen molar-refractivity contribution in [3.8, 4) is 0 Å². The van der Waals surface area contributed by atoms with E-state index in [1.54, 1.807) is 13.0 Å². The van der Waals surface area contributed by atoms with Crippen molar-refractivity contribution in [3.63, 3.8) is 0 Å². The molecule has 0 bridgehead atoms. The van der Waals surface area contributed by atoms with Crippen molar-refractivity contribution in [2.75, 3.05) is 83.2 Å². The molecule has 1 fully saturated rings. The second kappa shape index (κ2) is 61.0. The van der Waals surface area contributed by atoms with Crippen LogP contribution in [0.25, 0.3) is 0 Å². The Morgan fingerprint density at radius 3 is 1.69 bits per heavy atom. The molecule has 3 heterocycles. The third-order valence-electron chi connectivity index (χ3n) is 25.3. The monoisotopic (exact) mass is 2000 g/mol. The van der Waals surface area contributed by atoms with E-state index in [-0.39, 0.29) is 143 Å². The Morgan fingerprint density at radius 1 is 0.550 bits per heavy atom. The van der Waals surface area contributed by atoms with Gasteiger partial charge in [-0.3, -0.25) is 86.1 Å². The Labute approximate surface area is 825 Å². The second-order valence-corrected chi connectivity index (χ2v) is 39.7. The van der Waals surface area contributed by atoms with Crippen molar-refractivity contribution in [1.29, 1.82) is 0 Å². The summed E-state index contributed by atoms with van der Waals surface area (Å²) in [7, 11) is -3.07. The highest BCUT2D eigenvalue weighted by Gasteiger charge is 2.46. The highest BCUT2D eigenvalue weighted by atomic mass is 32.2. The van der Waals surface area contributed by atoms with Gasteiger partial charge in [0.05, 0.1) is 54.3 Å². The van der Waals surface area contributed by atoms with Crippen LogP contribution in [-0.2, 0) is 117 Å². The fourth-order valence-electron chi connectivity index (χ4n) is 17.6. The van der Waals surface area contributed by atoms with Crippen molar-refractivity contribution in [3.05, 3.63) is 101 Å². The molecule has 2 aromatic carbocycles. The highest BCUT2D eigenvalue weighted by Crippen LogP contribution is 2.48. The van der Waals surface area contributed by atoms with Crippen molar-refractivity contribution in [1.82, 2.24) is 36.8 Å². The number of aryl methyl sites for hydroxylation is 1. The summed E-state index contributed by atoms with van der Waals surface area (Å²) in [6, 6.07) is 4.21. The predicted octanol–water partition coefficient (Wildman–Crippen LogP) is 10.3. The first kappa shape index (κ1) is 119. The number of aliphatic carboxylic acids is 5. The summed E-state index contributed by atoms with van der Waals surface area (Å²) in [5, 5.41) is 65.2. The van der Waals surface area contributed by atoms with E-state index in [1.165, 1.54) is 58.4 Å². The van der Waals surface area contributed by atoms with E-state index in [0.29, 0.717) is 75.6 Å². The number of methoxy groups -OCH3 is 1. The molecule has 3 aliphatic rings. The fourth-order valence-corrected chi connectivity index (χ4v) is 18.7. The minimum atomic E-state index is -4.53. The van der Waals surface area contributed by atoms with Crippen molar-refractivity contribution < 1.29 is 139 Å². The second-order valence-electron chi connectivity index (χ2n) is 37.4. The van der Waals surface area contributed by atoms with Crippen LogP contribution in [-0.4, -0.2) is 268 Å². The molecule has 3 aliphatic heterocycles. The van der Waals surface area contributed by atoms with Crippen LogP contribution in [0.3, 0.4) is 0 Å². The number of ether oxygens (including phenoxy) is 3. The number of amides is 7. The topological polar surface area (TPSA) is 555 Å². The number of unbranched alkanes of at least 4 members (excludes halogenated alkanes) is 3. The summed E-state index contributed by atoms with van der Waals surface area (Å²) in [5.41, 5.74) is 6.32. The number of Topliss-reactive ketones (excluding diaryl/α,β-unsaturated/α-hetero) is 5. The number of carboxylic acids is 5. The molecule has 37 nitrogen and oxygen atoms in total. The van der Waals surface area contributed by atoms with E-state index < -0.39 is 224 Å². The average molecular weight is 2000 g/mol. The van der Waals surface area contributed by atoms with Crippen LogP contribution < -0.4 is 36.8 Å². The molecule has 0 unspecified atom stereocenters. The highest BCUT2D eigenvalue weighted by molar-refractivity contribution is 7.98. The first-order chi connectivity index (χ1) is 66.3. The number of allylic oxidation sites excluding steroid dienone is 8. The van der Waals surface area contributed by atoms with E-state index in [0.717, 1.165) is 17.9 Å². The van der Waals surface area contributed by atoms with Crippen LogP contribution in [0.1, 0.15) is 265 Å². The number of thioether (sulfide) groups is 1. The number of likely N-dealkylation sites (N-methyl/N-ethyl adjacent to an activating group) is 1. The number of ketones is 5. The van der Waals surface area contributed by atoms with Gasteiger partial charge in [0, 0.05) is 187 Å². The number of carbonyl (C=O) groups excluding carboxylic acids is 12. The number of nitrogens with zero attached hydrogens (tertiary/aromatic N) is 3. The van der Waals surface area contributed by atoms with Gasteiger partial charge in [0.2, 0.25) is 47.0 Å². The zero-order chi connectivity index (χ0) is 104. The zero-order valence-corrected chi connectivity index (χ0v) is 84.5. The number of carboxylic acid groups (broad SMARTS) is 5. The maximum absolute atomic E-state index is 14.6. The molecule has 12 N–H and O–H groups in total. The average Bonchev–Trinajstić information content (AvgIpc) is 1.26. The van der Waals surface area contributed by atoms with E-state index in [4.69, 9.17) is 14.2 Å². The van der Waals surface area contributed by atoms with Crippen molar-refractivity contribution >= 4 is 139 Å². The molecule has 1 saturated heterocycles. The van der Waals surface area contributed by atoms with Crippen LogP contribution in [0.15, 0.2) is 89.5 Å². The number of benzene rings is 2. The number of anilines is 1. The number of rotatable bonds is 72. The maximum atomic E-state index is 14.6. The first-order valence-corrected chi connectivity index (χ1v) is 51.4. The molecule has 0 radical (unpaired) electrons. The molecular formula is C101H148N9O28S2+. The lowest BCUT2D eigenvalue weighted by Gasteiger charge is -2.27. The minimum absolute atomic E-state index is 0.00349. The van der Waals surface area contributed by atoms with Gasteiger partial charge in [-0.1, -0.05) is 89.1 Å². The Morgan fingerprint density at radius 2 is 1.12 bits per heavy atom. The summed E-state index contributed by atoms with van der Waals surface area (Å²) in [6.07, 6.45) is 11.2. The molecule has 140 heavy (non-hydrogen) atoms. The largest absolute Gasteiger partial charge is 0.481 e. The molecule has 9 atom stereocenters. The molecule has 2 aromatic rings. The molecule has 0 aromatic heterocycles. The Kier molecular flexibility index (Phi) is 52.0. The van der Waals surface area contributed by atoms with Crippen LogP contribution in [0.2, 0.25) is 0 Å². The van der Waals surface area contributed by atoms with Gasteiger partial charge in [-0.25, -0.2) is 0 Å². The lowest BCUT2D eigenvalue weighted by molar-refractivity contribution is -0.438. The summed E-state index contributed by atoms with van der Waals surface area (Å²) in [6.45, 7) is 19.7. The summed E-state index contributed by atoms with van der Waals surface area (Å²) < 4.78 is 53.1. The summed E-state index contributed by atoms with van der Waals surface area (Å²) in [4.78, 5) is 230. The standard InChI is InChI=1S/C101H147N9O28S2/c1-12-82(112)78(64-139-11)104-89(117)34-24-28-70(57-65(3)4)103-99(132)81-29-25-52-110(81)90(118)63-138-53-26-30-83(113)75(39-46-93(123)124)105-97(130)68(36-44-91(119)120)60-85(115)77(41-48-95(127)128)107-98(131)69(37-45-92(121)122)61-84(114)76(40-47-94(125)126)106-96(129)67(59-71(111)49-54-137-56-55-136-10)27-21-22-50-102-88(116)33-20-17-23-51-109-80-43-38-72(140(133,134)135)62-74(80)101(8,9)87(109)32-19-16-14-15-18-31-86-100(6,7)73-58-66(5)35-42-79(73)108(86)13-2/h14-16,18-19,31-32,35,38,42-43,58,62,65,67-70,75-78,81H,12-13,17,20-30,33-34,36-37,39-41,44-57,59-61,63-64H2,1-11H3,(H11-,102,103,104,105,106,107,116,117,119,120,121,122,123,124,125,126,127,128,129,130,131,132,133,134,135)/p+1/t67-,68-,69-,70+,75+,76+,77+,78-,81-/m0/s1. The molecule has 0 aliphatic carbocycles. The smallest absolute Gasteiger partial charge is 0.303 e. The van der Waals surface area contributed by atoms with Crippen molar-refractivity contribution in [2.45, 2.75) is 307 Å². The van der Waals surface area contributed by atoms with Gasteiger partial charge in [0.25, 0.3) is 10.1 Å². The van der Waals surface area contributed by atoms with E-state index in [9.17, 15) is 120 Å². The number of nitrogens with one attached hydrogen (secondary N) is 6. The van der Waals surface area contributed by atoms with Crippen LogP contribution >= 0.6 is 11.8 Å². The van der Waals surface area contributed by atoms with Crippen LogP contribution in [0.5, 0.6) is 0 Å².